The molecule has 2 rings (SSSR count). The number of thioether (sulfide) groups is 1. The van der Waals surface area contributed by atoms with Crippen LogP contribution in [0.1, 0.15) is 6.92 Å². The number of nitrogens with one attached hydrogen (secondary N) is 1. The molecule has 7 heteroatoms. The first-order valence-electron chi connectivity index (χ1n) is 6.57. The van der Waals surface area contributed by atoms with Crippen molar-refractivity contribution in [1.82, 2.24) is 9.71 Å². The Balaban J connectivity index is 2.22. The number of nitrogens with two attached hydrogens (primary N) is 1. The number of fused-ring (bicyclic) bond motifs is 1. The predicted octanol–water partition coefficient (Wildman–Crippen LogP) is 2.09. The Morgan fingerprint density at radius 2 is 2.10 bits per heavy atom. The molecule has 5 nitrogen and oxygen atoms in total. The van der Waals surface area contributed by atoms with E-state index in [0.717, 1.165) is 11.1 Å². The Labute approximate surface area is 129 Å². The normalized spacial score (nSPS) is 13.4. The lowest BCUT2D eigenvalue weighted by Crippen LogP contribution is -2.29. The second-order valence-corrected chi connectivity index (χ2v) is 7.68. The van der Waals surface area contributed by atoms with E-state index in [4.69, 9.17) is 5.73 Å². The van der Waals surface area contributed by atoms with E-state index in [2.05, 4.69) is 9.71 Å². The Hall–Kier alpha value is -1.31. The smallest absolute Gasteiger partial charge is 0.240 e. The van der Waals surface area contributed by atoms with E-state index in [1.54, 1.807) is 42.1 Å². The van der Waals surface area contributed by atoms with Gasteiger partial charge >= 0.3 is 0 Å². The van der Waals surface area contributed by atoms with Crippen LogP contribution in [-0.4, -0.2) is 32.0 Å². The van der Waals surface area contributed by atoms with Crippen molar-refractivity contribution in [2.24, 2.45) is 5.92 Å². The average Bonchev–Trinajstić information content (AvgIpc) is 2.45. The number of benzene rings is 1. The van der Waals surface area contributed by atoms with E-state index >= 15 is 0 Å². The molecule has 1 aromatic carbocycles. The van der Waals surface area contributed by atoms with Gasteiger partial charge in [0.25, 0.3) is 0 Å². The second kappa shape index (κ2) is 6.64. The quantitative estimate of drug-likeness (QED) is 0.849. The third kappa shape index (κ3) is 4.09. The molecule has 0 radical (unpaired) electrons. The zero-order valence-corrected chi connectivity index (χ0v) is 13.7. The predicted molar refractivity (Wildman–Crippen MR) is 88.9 cm³/mol. The number of rotatable bonds is 6. The van der Waals surface area contributed by atoms with Gasteiger partial charge in [-0.3, -0.25) is 0 Å². The largest absolute Gasteiger partial charge is 0.384 e. The number of sulfonamides is 1. The highest BCUT2D eigenvalue weighted by Gasteiger charge is 2.15. The van der Waals surface area contributed by atoms with Gasteiger partial charge < -0.3 is 5.73 Å². The van der Waals surface area contributed by atoms with Crippen molar-refractivity contribution in [3.05, 3.63) is 30.3 Å². The number of aromatic nitrogens is 1. The molecule has 0 bridgehead atoms. The van der Waals surface area contributed by atoms with Crippen LogP contribution < -0.4 is 10.5 Å². The van der Waals surface area contributed by atoms with Gasteiger partial charge in [0.2, 0.25) is 10.0 Å². The third-order valence-electron chi connectivity index (χ3n) is 3.07. The first-order chi connectivity index (χ1) is 9.92. The molecule has 2 aromatic rings. The molecule has 1 unspecified atom stereocenters. The van der Waals surface area contributed by atoms with Crippen LogP contribution in [0.2, 0.25) is 0 Å². The number of pyridine rings is 1. The van der Waals surface area contributed by atoms with Crippen molar-refractivity contribution in [3.8, 4) is 0 Å². The molecule has 0 saturated heterocycles. The summed E-state index contributed by atoms with van der Waals surface area (Å²) in [5, 5.41) is 0.754. The Morgan fingerprint density at radius 3 is 2.81 bits per heavy atom. The van der Waals surface area contributed by atoms with Crippen LogP contribution in [-0.2, 0) is 10.0 Å². The van der Waals surface area contributed by atoms with Gasteiger partial charge in [0, 0.05) is 11.9 Å². The van der Waals surface area contributed by atoms with Crippen LogP contribution in [0.4, 0.5) is 5.82 Å². The third-order valence-corrected chi connectivity index (χ3v) is 5.39. The molecular formula is C14H19N3O2S2. The zero-order valence-electron chi connectivity index (χ0n) is 12.0. The van der Waals surface area contributed by atoms with E-state index in [0.29, 0.717) is 17.9 Å². The molecule has 0 amide bonds. The Kier molecular flexibility index (Phi) is 5.08. The summed E-state index contributed by atoms with van der Waals surface area (Å²) in [6.45, 7) is 2.45. The van der Waals surface area contributed by atoms with E-state index in [9.17, 15) is 8.42 Å². The summed E-state index contributed by atoms with van der Waals surface area (Å²) >= 11 is 1.70. The molecular weight excluding hydrogens is 306 g/mol. The van der Waals surface area contributed by atoms with Gasteiger partial charge in [0.1, 0.15) is 5.82 Å². The topological polar surface area (TPSA) is 85.1 Å². The minimum absolute atomic E-state index is 0.248. The van der Waals surface area contributed by atoms with Crippen LogP contribution in [0.3, 0.4) is 0 Å². The van der Waals surface area contributed by atoms with Crippen LogP contribution in [0.25, 0.3) is 10.9 Å². The van der Waals surface area contributed by atoms with Crippen molar-refractivity contribution >= 4 is 38.5 Å². The van der Waals surface area contributed by atoms with Crippen molar-refractivity contribution < 1.29 is 8.42 Å². The molecule has 0 saturated carbocycles. The van der Waals surface area contributed by atoms with Crippen LogP contribution in [0.15, 0.2) is 35.2 Å². The van der Waals surface area contributed by atoms with Crippen LogP contribution >= 0.6 is 11.8 Å². The highest BCUT2D eigenvalue weighted by Crippen LogP contribution is 2.19. The lowest BCUT2D eigenvalue weighted by atomic mass is 10.2. The summed E-state index contributed by atoms with van der Waals surface area (Å²) in [7, 11) is -3.49. The molecule has 0 fully saturated rings. The van der Waals surface area contributed by atoms with Crippen molar-refractivity contribution in [2.75, 3.05) is 24.3 Å². The second-order valence-electron chi connectivity index (χ2n) is 5.00. The summed E-state index contributed by atoms with van der Waals surface area (Å²) in [6, 6.07) is 8.27. The monoisotopic (exact) mass is 325 g/mol. The number of hydrogen-bond acceptors (Lipinski definition) is 5. The summed E-state index contributed by atoms with van der Waals surface area (Å²) in [6.07, 6.45) is 2.01. The first kappa shape index (κ1) is 16.1. The van der Waals surface area contributed by atoms with Gasteiger partial charge in [-0.15, -0.1) is 0 Å². The first-order valence-corrected chi connectivity index (χ1v) is 9.45. The van der Waals surface area contributed by atoms with E-state index in [1.807, 2.05) is 13.2 Å². The van der Waals surface area contributed by atoms with Gasteiger partial charge in [-0.1, -0.05) is 6.92 Å². The summed E-state index contributed by atoms with van der Waals surface area (Å²) in [5.74, 6) is 1.63. The number of hydrogen-bond donors (Lipinski definition) is 2. The lowest BCUT2D eigenvalue weighted by molar-refractivity contribution is 0.563. The zero-order chi connectivity index (χ0) is 15.5. The highest BCUT2D eigenvalue weighted by atomic mass is 32.2. The van der Waals surface area contributed by atoms with E-state index in [1.165, 1.54) is 0 Å². The Morgan fingerprint density at radius 1 is 1.33 bits per heavy atom. The SMILES string of the molecule is CSCC(C)CNS(=O)(=O)c1ccc2nc(N)ccc2c1. The standard InChI is InChI=1S/C14H19N3O2S2/c1-10(9-20-2)8-16-21(18,19)12-4-5-13-11(7-12)3-6-14(15)17-13/h3-7,10,16H,8-9H2,1-2H3,(H2,15,17). The fraction of sp³-hybridized carbons (Fsp3) is 0.357. The maximum Gasteiger partial charge on any atom is 0.240 e. The fourth-order valence-electron chi connectivity index (χ4n) is 1.97. The van der Waals surface area contributed by atoms with Gasteiger partial charge in [-0.05, 0) is 48.3 Å². The molecule has 0 aliphatic rings. The minimum atomic E-state index is -3.49. The fourth-order valence-corrected chi connectivity index (χ4v) is 3.85. The minimum Gasteiger partial charge on any atom is -0.384 e. The maximum absolute atomic E-state index is 12.3. The van der Waals surface area contributed by atoms with Crippen LogP contribution in [0.5, 0.6) is 0 Å². The number of nitrogen functional groups attached to an aromatic ring is 1. The highest BCUT2D eigenvalue weighted by molar-refractivity contribution is 7.98. The number of anilines is 1. The molecule has 0 aliphatic heterocycles. The summed E-state index contributed by atoms with van der Waals surface area (Å²) in [4.78, 5) is 4.41. The van der Waals surface area contributed by atoms with E-state index < -0.39 is 10.0 Å². The van der Waals surface area contributed by atoms with Crippen LogP contribution in [0, 0.1) is 5.92 Å². The van der Waals surface area contributed by atoms with Gasteiger partial charge in [-0.25, -0.2) is 18.1 Å². The molecule has 0 aliphatic carbocycles. The molecule has 114 valence electrons. The lowest BCUT2D eigenvalue weighted by Gasteiger charge is -2.12. The van der Waals surface area contributed by atoms with Crippen molar-refractivity contribution in [1.29, 1.82) is 0 Å². The molecule has 1 aromatic heterocycles. The van der Waals surface area contributed by atoms with Gasteiger partial charge in [-0.2, -0.15) is 11.8 Å². The van der Waals surface area contributed by atoms with Crippen molar-refractivity contribution in [3.63, 3.8) is 0 Å². The number of nitrogens with zero attached hydrogens (tertiary/aromatic N) is 1. The average molecular weight is 325 g/mol. The van der Waals surface area contributed by atoms with Crippen molar-refractivity contribution in [2.45, 2.75) is 11.8 Å². The van der Waals surface area contributed by atoms with E-state index in [-0.39, 0.29) is 10.8 Å². The Bertz CT molecular complexity index is 732. The molecule has 1 atom stereocenters. The summed E-state index contributed by atoms with van der Waals surface area (Å²) in [5.41, 5.74) is 6.30. The molecule has 1 heterocycles. The molecule has 0 spiro atoms. The summed E-state index contributed by atoms with van der Waals surface area (Å²) < 4.78 is 27.2. The molecule has 3 N–H and O–H groups in total. The van der Waals surface area contributed by atoms with Gasteiger partial charge in [0.05, 0.1) is 10.4 Å². The maximum atomic E-state index is 12.3. The molecule has 21 heavy (non-hydrogen) atoms. The van der Waals surface area contributed by atoms with Gasteiger partial charge in [0.15, 0.2) is 0 Å².